The molecule has 0 unspecified atom stereocenters. The van der Waals surface area contributed by atoms with Gasteiger partial charge in [0.1, 0.15) is 11.5 Å². The fourth-order valence-corrected chi connectivity index (χ4v) is 3.69. The molecule has 0 bridgehead atoms. The van der Waals surface area contributed by atoms with Crippen LogP contribution in [0.15, 0.2) is 83.5 Å². The maximum absolute atomic E-state index is 13.4. The van der Waals surface area contributed by atoms with E-state index < -0.39 is 6.29 Å². The second-order valence-electron chi connectivity index (χ2n) is 7.45. The highest BCUT2D eigenvalue weighted by Crippen LogP contribution is 2.45. The summed E-state index contributed by atoms with van der Waals surface area (Å²) in [7, 11) is 0. The summed E-state index contributed by atoms with van der Waals surface area (Å²) in [6.45, 7) is 7.33. The summed E-state index contributed by atoms with van der Waals surface area (Å²) in [6, 6.07) is 13.8. The molecule has 1 amide bonds. The highest BCUT2D eigenvalue weighted by molar-refractivity contribution is 6.32. The van der Waals surface area contributed by atoms with Gasteiger partial charge in [0, 0.05) is 22.9 Å². The Labute approximate surface area is 199 Å². The summed E-state index contributed by atoms with van der Waals surface area (Å²) in [5, 5.41) is 2.92. The number of allylic oxidation sites excluding steroid dienone is 4. The van der Waals surface area contributed by atoms with Crippen LogP contribution in [0.1, 0.15) is 28.6 Å². The number of carbonyl (C=O) groups is 1. The quantitative estimate of drug-likeness (QED) is 0.379. The summed E-state index contributed by atoms with van der Waals surface area (Å²) in [5.74, 6) is 0.437. The van der Waals surface area contributed by atoms with E-state index in [4.69, 9.17) is 16.0 Å². The molecule has 0 saturated heterocycles. The van der Waals surface area contributed by atoms with Crippen LogP contribution in [-0.4, -0.2) is 12.2 Å². The molecule has 4 rings (SSSR count). The van der Waals surface area contributed by atoms with Crippen molar-refractivity contribution >= 4 is 23.1 Å². The van der Waals surface area contributed by atoms with E-state index >= 15 is 0 Å². The average Bonchev–Trinajstić information content (AvgIpc) is 3.32. The zero-order chi connectivity index (χ0) is 24.5. The van der Waals surface area contributed by atoms with Gasteiger partial charge in [-0.1, -0.05) is 60.7 Å². The molecular weight excluding hydrogens is 464 g/mol. The number of nitrogens with one attached hydrogen (secondary N) is 1. The maximum Gasteiger partial charge on any atom is 0.586 e. The van der Waals surface area contributed by atoms with Crippen LogP contribution in [0.2, 0.25) is 5.02 Å². The van der Waals surface area contributed by atoms with Gasteiger partial charge in [-0.2, -0.15) is 0 Å². The highest BCUT2D eigenvalue weighted by atomic mass is 35.5. The number of furan rings is 1. The Morgan fingerprint density at radius 3 is 2.41 bits per heavy atom. The molecule has 174 valence electrons. The molecule has 2 aromatic carbocycles. The third-order valence-corrected chi connectivity index (χ3v) is 5.38. The predicted octanol–water partition coefficient (Wildman–Crippen LogP) is 7.13. The van der Waals surface area contributed by atoms with Crippen molar-refractivity contribution in [2.45, 2.75) is 20.1 Å². The smallest absolute Gasteiger partial charge is 0.461 e. The normalized spacial score (nSPS) is 14.4. The lowest BCUT2D eigenvalue weighted by molar-refractivity contribution is -0.286. The molecule has 2 heterocycles. The Morgan fingerprint density at radius 1 is 1.06 bits per heavy atom. The van der Waals surface area contributed by atoms with Crippen molar-refractivity contribution in [1.29, 1.82) is 0 Å². The highest BCUT2D eigenvalue weighted by Gasteiger charge is 2.43. The number of rotatable bonds is 6. The van der Waals surface area contributed by atoms with Gasteiger partial charge in [-0.25, -0.2) is 0 Å². The number of benzene rings is 2. The van der Waals surface area contributed by atoms with Gasteiger partial charge in [-0.05, 0) is 37.6 Å². The zero-order valence-electron chi connectivity index (χ0n) is 18.3. The maximum atomic E-state index is 13.4. The number of carbonyl (C=O) groups excluding carboxylic acids is 1. The van der Waals surface area contributed by atoms with Crippen LogP contribution >= 0.6 is 11.6 Å². The van der Waals surface area contributed by atoms with Gasteiger partial charge in [-0.15, -0.1) is 8.78 Å². The van der Waals surface area contributed by atoms with Crippen molar-refractivity contribution < 1.29 is 27.5 Å². The molecule has 1 aliphatic heterocycles. The second kappa shape index (κ2) is 9.19. The third kappa shape index (κ3) is 4.89. The van der Waals surface area contributed by atoms with E-state index in [9.17, 15) is 13.6 Å². The van der Waals surface area contributed by atoms with Crippen LogP contribution < -0.4 is 14.8 Å². The molecule has 0 saturated carbocycles. The monoisotopic (exact) mass is 483 g/mol. The first kappa shape index (κ1) is 23.3. The van der Waals surface area contributed by atoms with Gasteiger partial charge in [0.25, 0.3) is 5.91 Å². The van der Waals surface area contributed by atoms with E-state index in [1.165, 1.54) is 12.1 Å². The molecule has 0 fully saturated rings. The third-order valence-electron chi connectivity index (χ3n) is 5.07. The molecular formula is C26H20ClF2NO4. The van der Waals surface area contributed by atoms with Gasteiger partial charge in [0.15, 0.2) is 11.5 Å². The van der Waals surface area contributed by atoms with E-state index in [0.717, 1.165) is 5.56 Å². The number of fused-ring (bicyclic) bond motifs is 1. The fraction of sp³-hybridized carbons (Fsp3) is 0.115. The number of halogens is 3. The fourth-order valence-electron chi connectivity index (χ4n) is 3.43. The number of amides is 1. The van der Waals surface area contributed by atoms with Crippen LogP contribution in [0.4, 0.5) is 8.78 Å². The second-order valence-corrected chi connectivity index (χ2v) is 7.86. The first-order valence-electron chi connectivity index (χ1n) is 10.3. The van der Waals surface area contributed by atoms with E-state index in [0.29, 0.717) is 33.9 Å². The van der Waals surface area contributed by atoms with Crippen molar-refractivity contribution in [2.75, 3.05) is 0 Å². The molecule has 0 radical (unpaired) electrons. The Hall–Kier alpha value is -3.84. The number of ether oxygens (including phenoxy) is 2. The SMILES string of the molecule is C=C(/C=C\C(=C/C)c1cc2c(cc1Cl)OC(F)(F)O2)NC(=O)c1cc(-c2ccccc2)oc1C. The topological polar surface area (TPSA) is 60.7 Å². The Morgan fingerprint density at radius 2 is 1.74 bits per heavy atom. The first-order chi connectivity index (χ1) is 16.2. The molecule has 1 aromatic heterocycles. The van der Waals surface area contributed by atoms with E-state index in [2.05, 4.69) is 21.4 Å². The number of aryl methyl sites for hydroxylation is 1. The first-order valence-corrected chi connectivity index (χ1v) is 10.6. The lowest BCUT2D eigenvalue weighted by Crippen LogP contribution is -2.25. The van der Waals surface area contributed by atoms with Crippen molar-refractivity contribution in [3.05, 3.63) is 101 Å². The van der Waals surface area contributed by atoms with Crippen molar-refractivity contribution in [3.63, 3.8) is 0 Å². The predicted molar refractivity (Wildman–Crippen MR) is 126 cm³/mol. The standard InChI is InChI=1S/C26H20ClF2NO4/c1-4-17(20-13-23-24(14-21(20)27)34-26(28,29)33-23)11-10-15(2)30-25(31)19-12-22(32-16(19)3)18-8-6-5-7-9-18/h4-14H,2H2,1,3H3,(H,30,31)/b11-10-,17-4+. The van der Waals surface area contributed by atoms with Crippen molar-refractivity contribution in [3.8, 4) is 22.8 Å². The van der Waals surface area contributed by atoms with Gasteiger partial charge >= 0.3 is 6.29 Å². The van der Waals surface area contributed by atoms with E-state index in [1.54, 1.807) is 38.1 Å². The van der Waals surface area contributed by atoms with Crippen LogP contribution in [0.3, 0.4) is 0 Å². The molecule has 1 N–H and O–H groups in total. The zero-order valence-corrected chi connectivity index (χ0v) is 19.1. The molecule has 5 nitrogen and oxygen atoms in total. The average molecular weight is 484 g/mol. The number of alkyl halides is 2. The minimum absolute atomic E-state index is 0.117. The van der Waals surface area contributed by atoms with Gasteiger partial charge in [-0.3, -0.25) is 4.79 Å². The Kier molecular flexibility index (Phi) is 6.30. The van der Waals surface area contributed by atoms with Gasteiger partial charge in [0.2, 0.25) is 0 Å². The minimum atomic E-state index is -3.74. The largest absolute Gasteiger partial charge is 0.586 e. The number of hydrogen-bond donors (Lipinski definition) is 1. The molecule has 1 aliphatic rings. The Balaban J connectivity index is 1.47. The van der Waals surface area contributed by atoms with E-state index in [1.807, 2.05) is 30.3 Å². The lowest BCUT2D eigenvalue weighted by atomic mass is 10.0. The Bertz CT molecular complexity index is 1330. The lowest BCUT2D eigenvalue weighted by Gasteiger charge is -2.08. The molecule has 34 heavy (non-hydrogen) atoms. The summed E-state index contributed by atoms with van der Waals surface area (Å²) in [5.41, 5.74) is 2.62. The van der Waals surface area contributed by atoms with Gasteiger partial charge in [0.05, 0.1) is 10.6 Å². The molecule has 3 aromatic rings. The molecule has 0 atom stereocenters. The van der Waals surface area contributed by atoms with Crippen LogP contribution in [-0.2, 0) is 0 Å². The molecule has 8 heteroatoms. The minimum Gasteiger partial charge on any atom is -0.461 e. The molecule has 0 spiro atoms. The van der Waals surface area contributed by atoms with Crippen LogP contribution in [0.25, 0.3) is 16.9 Å². The van der Waals surface area contributed by atoms with E-state index in [-0.39, 0.29) is 22.4 Å². The van der Waals surface area contributed by atoms with Crippen LogP contribution in [0.5, 0.6) is 11.5 Å². The van der Waals surface area contributed by atoms with Gasteiger partial charge < -0.3 is 19.2 Å². The summed E-state index contributed by atoms with van der Waals surface area (Å²) in [4.78, 5) is 12.7. The summed E-state index contributed by atoms with van der Waals surface area (Å²) < 4.78 is 41.4. The van der Waals surface area contributed by atoms with Crippen molar-refractivity contribution in [2.24, 2.45) is 0 Å². The van der Waals surface area contributed by atoms with Crippen LogP contribution in [0, 0.1) is 6.92 Å². The summed E-state index contributed by atoms with van der Waals surface area (Å²) in [6.07, 6.45) is 1.23. The van der Waals surface area contributed by atoms with Crippen molar-refractivity contribution in [1.82, 2.24) is 5.32 Å². The number of hydrogen-bond acceptors (Lipinski definition) is 4. The summed E-state index contributed by atoms with van der Waals surface area (Å²) >= 11 is 6.27. The molecule has 0 aliphatic carbocycles.